The summed E-state index contributed by atoms with van der Waals surface area (Å²) >= 11 is 0. The molecule has 0 fully saturated rings. The van der Waals surface area contributed by atoms with Gasteiger partial charge in [-0.2, -0.15) is 0 Å². The van der Waals surface area contributed by atoms with E-state index in [1.165, 1.54) is 30.3 Å². The van der Waals surface area contributed by atoms with E-state index in [-0.39, 0.29) is 16.4 Å². The first-order chi connectivity index (χ1) is 13.1. The van der Waals surface area contributed by atoms with Gasteiger partial charge in [-0.25, -0.2) is 13.2 Å². The number of benzene rings is 2. The zero-order valence-corrected chi connectivity index (χ0v) is 16.6. The smallest absolute Gasteiger partial charge is 0.338 e. The van der Waals surface area contributed by atoms with Crippen molar-refractivity contribution in [3.05, 3.63) is 59.2 Å². The molecule has 0 radical (unpaired) electrons. The number of anilines is 1. The van der Waals surface area contributed by atoms with Crippen LogP contribution >= 0.6 is 0 Å². The van der Waals surface area contributed by atoms with E-state index in [4.69, 9.17) is 4.74 Å². The SMILES string of the molecule is CCC(=O)Nc1ccc(C(=O)COC(=O)c2cc(S(C)(=O)=O)ccc2C)cc1. The number of ketones is 1. The fourth-order valence-corrected chi connectivity index (χ4v) is 2.98. The molecule has 0 aromatic heterocycles. The van der Waals surface area contributed by atoms with Gasteiger partial charge in [-0.1, -0.05) is 13.0 Å². The van der Waals surface area contributed by atoms with Crippen molar-refractivity contribution in [1.29, 1.82) is 0 Å². The Hall–Kier alpha value is -3.00. The first-order valence-corrected chi connectivity index (χ1v) is 10.4. The van der Waals surface area contributed by atoms with E-state index in [1.54, 1.807) is 26.0 Å². The van der Waals surface area contributed by atoms with Gasteiger partial charge >= 0.3 is 5.97 Å². The minimum absolute atomic E-state index is 0.00101. The third kappa shape index (κ3) is 5.50. The molecule has 0 atom stereocenters. The molecule has 2 aromatic rings. The zero-order chi connectivity index (χ0) is 20.9. The normalized spacial score (nSPS) is 11.0. The Morgan fingerprint density at radius 1 is 1.04 bits per heavy atom. The van der Waals surface area contributed by atoms with Gasteiger partial charge in [0, 0.05) is 23.9 Å². The Balaban J connectivity index is 2.05. The lowest BCUT2D eigenvalue weighted by molar-refractivity contribution is -0.115. The molecule has 148 valence electrons. The summed E-state index contributed by atoms with van der Waals surface area (Å²) < 4.78 is 28.4. The molecule has 0 unspecified atom stereocenters. The van der Waals surface area contributed by atoms with Crippen LogP contribution in [0.2, 0.25) is 0 Å². The predicted octanol–water partition coefficient (Wildman–Crippen LogP) is 2.79. The van der Waals surface area contributed by atoms with E-state index in [0.29, 0.717) is 23.2 Å². The van der Waals surface area contributed by atoms with Crippen LogP contribution in [0.1, 0.15) is 39.6 Å². The van der Waals surface area contributed by atoms with Gasteiger partial charge in [0.15, 0.2) is 22.2 Å². The maximum Gasteiger partial charge on any atom is 0.338 e. The lowest BCUT2D eigenvalue weighted by Gasteiger charge is -2.09. The number of sulfone groups is 1. The molecule has 0 saturated carbocycles. The van der Waals surface area contributed by atoms with Gasteiger partial charge in [-0.05, 0) is 48.9 Å². The summed E-state index contributed by atoms with van der Waals surface area (Å²) in [5.74, 6) is -1.33. The van der Waals surface area contributed by atoms with E-state index in [1.807, 2.05) is 0 Å². The van der Waals surface area contributed by atoms with Crippen LogP contribution in [0.4, 0.5) is 5.69 Å². The van der Waals surface area contributed by atoms with E-state index >= 15 is 0 Å². The molecule has 1 amide bonds. The Morgan fingerprint density at radius 3 is 2.25 bits per heavy atom. The lowest BCUT2D eigenvalue weighted by atomic mass is 10.1. The molecule has 8 heteroatoms. The quantitative estimate of drug-likeness (QED) is 0.563. The molecule has 0 aliphatic carbocycles. The molecule has 7 nitrogen and oxygen atoms in total. The third-order valence-electron chi connectivity index (χ3n) is 4.00. The van der Waals surface area contributed by atoms with Crippen molar-refractivity contribution in [1.82, 2.24) is 0 Å². The van der Waals surface area contributed by atoms with Crippen molar-refractivity contribution in [3.8, 4) is 0 Å². The van der Waals surface area contributed by atoms with Crippen molar-refractivity contribution in [2.45, 2.75) is 25.2 Å². The topological polar surface area (TPSA) is 107 Å². The minimum atomic E-state index is -3.47. The molecular weight excluding hydrogens is 382 g/mol. The second kappa shape index (κ2) is 8.79. The van der Waals surface area contributed by atoms with Crippen LogP contribution in [0.15, 0.2) is 47.4 Å². The van der Waals surface area contributed by atoms with Crippen molar-refractivity contribution in [2.75, 3.05) is 18.2 Å². The number of hydrogen-bond acceptors (Lipinski definition) is 6. The highest BCUT2D eigenvalue weighted by atomic mass is 32.2. The van der Waals surface area contributed by atoms with Crippen LogP contribution in [0, 0.1) is 6.92 Å². The van der Waals surface area contributed by atoms with Crippen LogP contribution in [-0.2, 0) is 19.4 Å². The molecular formula is C20H21NO6S. The highest BCUT2D eigenvalue weighted by molar-refractivity contribution is 7.90. The third-order valence-corrected chi connectivity index (χ3v) is 5.11. The van der Waals surface area contributed by atoms with E-state index in [9.17, 15) is 22.8 Å². The molecule has 0 aliphatic heterocycles. The van der Waals surface area contributed by atoms with Crippen LogP contribution < -0.4 is 5.32 Å². The van der Waals surface area contributed by atoms with Gasteiger partial charge in [0.25, 0.3) is 0 Å². The first-order valence-electron chi connectivity index (χ1n) is 8.52. The standard InChI is InChI=1S/C20H21NO6S/c1-4-19(23)21-15-8-6-14(7-9-15)18(22)12-27-20(24)17-11-16(28(3,25)26)10-5-13(17)2/h5-11H,4,12H2,1-3H3,(H,21,23). The summed E-state index contributed by atoms with van der Waals surface area (Å²) in [5, 5.41) is 2.67. The summed E-state index contributed by atoms with van der Waals surface area (Å²) in [5.41, 5.74) is 1.52. The van der Waals surface area contributed by atoms with Crippen molar-refractivity contribution in [3.63, 3.8) is 0 Å². The molecule has 0 aliphatic rings. The molecule has 2 rings (SSSR count). The molecule has 0 spiro atoms. The summed E-state index contributed by atoms with van der Waals surface area (Å²) in [6.45, 7) is 2.89. The largest absolute Gasteiger partial charge is 0.454 e. The van der Waals surface area contributed by atoms with Gasteiger partial charge in [0.05, 0.1) is 10.5 Å². The Labute approximate surface area is 163 Å². The van der Waals surface area contributed by atoms with Gasteiger partial charge in [0.1, 0.15) is 0 Å². The number of esters is 1. The van der Waals surface area contributed by atoms with Crippen molar-refractivity contribution >= 4 is 33.2 Å². The van der Waals surface area contributed by atoms with Gasteiger partial charge in [-0.15, -0.1) is 0 Å². The summed E-state index contributed by atoms with van der Waals surface area (Å²) in [6.07, 6.45) is 1.39. The zero-order valence-electron chi connectivity index (χ0n) is 15.8. The minimum Gasteiger partial charge on any atom is -0.454 e. The monoisotopic (exact) mass is 403 g/mol. The van der Waals surface area contributed by atoms with Crippen molar-refractivity contribution in [2.24, 2.45) is 0 Å². The second-order valence-corrected chi connectivity index (χ2v) is 8.24. The highest BCUT2D eigenvalue weighted by Crippen LogP contribution is 2.17. The second-order valence-electron chi connectivity index (χ2n) is 6.23. The Morgan fingerprint density at radius 2 is 1.68 bits per heavy atom. The molecule has 2 aromatic carbocycles. The summed E-state index contributed by atoms with van der Waals surface area (Å²) in [4.78, 5) is 35.8. The molecule has 1 N–H and O–H groups in total. The summed E-state index contributed by atoms with van der Waals surface area (Å²) in [7, 11) is -3.47. The number of Topliss-reactive ketones (excluding diaryl/α,β-unsaturated/α-hetero) is 1. The van der Waals surface area contributed by atoms with Crippen LogP contribution in [0.5, 0.6) is 0 Å². The Bertz CT molecular complexity index is 1010. The number of rotatable bonds is 7. The Kier molecular flexibility index (Phi) is 6.69. The fraction of sp³-hybridized carbons (Fsp3) is 0.250. The molecule has 0 saturated heterocycles. The number of nitrogens with one attached hydrogen (secondary N) is 1. The maximum absolute atomic E-state index is 12.3. The molecule has 0 heterocycles. The van der Waals surface area contributed by atoms with Gasteiger partial charge in [-0.3, -0.25) is 9.59 Å². The number of carbonyl (C=O) groups is 3. The first kappa shape index (κ1) is 21.3. The number of aryl methyl sites for hydroxylation is 1. The number of ether oxygens (including phenoxy) is 1. The lowest BCUT2D eigenvalue weighted by Crippen LogP contribution is -2.16. The van der Waals surface area contributed by atoms with Crippen LogP contribution in [-0.4, -0.2) is 38.9 Å². The molecule has 0 bridgehead atoms. The van der Waals surface area contributed by atoms with Crippen molar-refractivity contribution < 1.29 is 27.5 Å². The highest BCUT2D eigenvalue weighted by Gasteiger charge is 2.17. The number of amides is 1. The maximum atomic E-state index is 12.3. The molecule has 28 heavy (non-hydrogen) atoms. The predicted molar refractivity (Wildman–Crippen MR) is 104 cm³/mol. The van der Waals surface area contributed by atoms with Crippen LogP contribution in [0.3, 0.4) is 0 Å². The van der Waals surface area contributed by atoms with Crippen LogP contribution in [0.25, 0.3) is 0 Å². The average Bonchev–Trinajstić information content (AvgIpc) is 2.65. The van der Waals surface area contributed by atoms with E-state index in [2.05, 4.69) is 5.32 Å². The summed E-state index contributed by atoms with van der Waals surface area (Å²) in [6, 6.07) is 10.4. The van der Waals surface area contributed by atoms with E-state index in [0.717, 1.165) is 6.26 Å². The van der Waals surface area contributed by atoms with E-state index < -0.39 is 28.2 Å². The number of carbonyl (C=O) groups excluding carboxylic acids is 3. The van der Waals surface area contributed by atoms with Gasteiger partial charge < -0.3 is 10.1 Å². The fourth-order valence-electron chi connectivity index (χ4n) is 2.33. The average molecular weight is 403 g/mol. The number of hydrogen-bond donors (Lipinski definition) is 1. The van der Waals surface area contributed by atoms with Gasteiger partial charge in [0.2, 0.25) is 5.91 Å².